The quantitative estimate of drug-likeness (QED) is 0.438. The third-order valence-corrected chi connectivity index (χ3v) is 7.35. The highest BCUT2D eigenvalue weighted by molar-refractivity contribution is 7.92. The van der Waals surface area contributed by atoms with Crippen LogP contribution in [0.5, 0.6) is 23.0 Å². The van der Waals surface area contributed by atoms with E-state index in [9.17, 15) is 8.42 Å². The van der Waals surface area contributed by atoms with Crippen molar-refractivity contribution in [3.63, 3.8) is 0 Å². The fraction of sp³-hybridized carbons (Fsp3) is 0.280. The Morgan fingerprint density at radius 3 is 1.91 bits per heavy atom. The number of sulfonamides is 1. The maximum atomic E-state index is 13.9. The minimum atomic E-state index is -3.97. The van der Waals surface area contributed by atoms with Gasteiger partial charge in [0.25, 0.3) is 10.0 Å². The molecule has 1 atom stereocenters. The van der Waals surface area contributed by atoms with Crippen LogP contribution in [-0.4, -0.2) is 36.9 Å². The van der Waals surface area contributed by atoms with Crippen LogP contribution in [0.1, 0.15) is 24.1 Å². The van der Waals surface area contributed by atoms with Gasteiger partial charge in [-0.1, -0.05) is 17.7 Å². The summed E-state index contributed by atoms with van der Waals surface area (Å²) in [4.78, 5) is 0.177. The molecule has 0 aliphatic rings. The minimum Gasteiger partial charge on any atom is -0.497 e. The van der Waals surface area contributed by atoms with E-state index in [1.807, 2.05) is 6.92 Å². The van der Waals surface area contributed by atoms with Gasteiger partial charge >= 0.3 is 0 Å². The molecule has 0 saturated carbocycles. The zero-order valence-electron chi connectivity index (χ0n) is 19.7. The molecule has 0 saturated heterocycles. The first-order valence-corrected chi connectivity index (χ1v) is 11.8. The summed E-state index contributed by atoms with van der Waals surface area (Å²) in [5, 5.41) is 0. The molecule has 0 N–H and O–H groups in total. The Morgan fingerprint density at radius 1 is 0.727 bits per heavy atom. The van der Waals surface area contributed by atoms with Gasteiger partial charge in [-0.15, -0.1) is 0 Å². The van der Waals surface area contributed by atoms with Gasteiger partial charge in [-0.05, 0) is 56.3 Å². The van der Waals surface area contributed by atoms with Crippen molar-refractivity contribution < 1.29 is 27.4 Å². The zero-order chi connectivity index (χ0) is 24.2. The third kappa shape index (κ3) is 4.85. The summed E-state index contributed by atoms with van der Waals surface area (Å²) in [6.45, 7) is 3.71. The number of nitrogens with zero attached hydrogens (tertiary/aromatic N) is 1. The lowest BCUT2D eigenvalue weighted by Crippen LogP contribution is -2.34. The molecule has 0 radical (unpaired) electrons. The van der Waals surface area contributed by atoms with E-state index in [4.69, 9.17) is 18.9 Å². The molecular weight excluding hydrogens is 442 g/mol. The third-order valence-electron chi connectivity index (χ3n) is 5.44. The minimum absolute atomic E-state index is 0.177. The number of benzene rings is 3. The average molecular weight is 472 g/mol. The second-order valence-electron chi connectivity index (χ2n) is 7.44. The number of rotatable bonds is 9. The Bertz CT molecular complexity index is 1210. The molecule has 3 rings (SSSR count). The zero-order valence-corrected chi connectivity index (χ0v) is 20.5. The summed E-state index contributed by atoms with van der Waals surface area (Å²) in [6, 6.07) is 16.4. The highest BCUT2D eigenvalue weighted by atomic mass is 32.2. The van der Waals surface area contributed by atoms with Crippen LogP contribution in [0, 0.1) is 6.92 Å². The number of hydrogen-bond acceptors (Lipinski definition) is 6. The summed E-state index contributed by atoms with van der Waals surface area (Å²) >= 11 is 0. The smallest absolute Gasteiger partial charge is 0.264 e. The van der Waals surface area contributed by atoms with Crippen molar-refractivity contribution >= 4 is 15.7 Å². The molecule has 0 aromatic heterocycles. The van der Waals surface area contributed by atoms with Crippen molar-refractivity contribution in [2.45, 2.75) is 24.8 Å². The largest absolute Gasteiger partial charge is 0.497 e. The fourth-order valence-corrected chi connectivity index (χ4v) is 5.28. The summed E-state index contributed by atoms with van der Waals surface area (Å²) in [6.07, 6.45) is 0. The molecule has 0 spiro atoms. The Labute approximate surface area is 195 Å². The topological polar surface area (TPSA) is 74.3 Å². The van der Waals surface area contributed by atoms with E-state index in [-0.39, 0.29) is 4.90 Å². The van der Waals surface area contributed by atoms with Gasteiger partial charge in [0.05, 0.1) is 45.1 Å². The van der Waals surface area contributed by atoms with Crippen LogP contribution in [0.15, 0.2) is 65.6 Å². The number of methoxy groups -OCH3 is 4. The molecule has 33 heavy (non-hydrogen) atoms. The molecule has 0 amide bonds. The molecule has 0 fully saturated rings. The van der Waals surface area contributed by atoms with Gasteiger partial charge in [0, 0.05) is 11.6 Å². The number of anilines is 1. The number of ether oxygens (including phenoxy) is 4. The first-order chi connectivity index (χ1) is 15.8. The standard InChI is InChI=1S/C25H29NO6S/c1-17-7-11-21(12-8-17)33(27,28)26(19-9-13-24(31-5)25(15-19)32-6)18(2)22-16-20(29-3)10-14-23(22)30-4/h7-16,18H,1-6H3/t18-/m1/s1. The van der Waals surface area contributed by atoms with Crippen LogP contribution in [0.25, 0.3) is 0 Å². The average Bonchev–Trinajstić information content (AvgIpc) is 2.83. The van der Waals surface area contributed by atoms with E-state index >= 15 is 0 Å². The maximum absolute atomic E-state index is 13.9. The van der Waals surface area contributed by atoms with Crippen LogP contribution in [0.2, 0.25) is 0 Å². The van der Waals surface area contributed by atoms with Crippen LogP contribution >= 0.6 is 0 Å². The van der Waals surface area contributed by atoms with Gasteiger partial charge in [-0.3, -0.25) is 4.31 Å². The van der Waals surface area contributed by atoms with Crippen molar-refractivity contribution in [1.29, 1.82) is 0 Å². The van der Waals surface area contributed by atoms with E-state index in [2.05, 4.69) is 0 Å². The van der Waals surface area contributed by atoms with Crippen molar-refractivity contribution in [2.75, 3.05) is 32.7 Å². The van der Waals surface area contributed by atoms with Gasteiger partial charge < -0.3 is 18.9 Å². The normalized spacial score (nSPS) is 12.1. The fourth-order valence-electron chi connectivity index (χ4n) is 3.65. The molecule has 0 bridgehead atoms. The van der Waals surface area contributed by atoms with Gasteiger partial charge in [-0.2, -0.15) is 0 Å². The highest BCUT2D eigenvalue weighted by Crippen LogP contribution is 2.41. The van der Waals surface area contributed by atoms with Crippen LogP contribution in [-0.2, 0) is 10.0 Å². The lowest BCUT2D eigenvalue weighted by atomic mass is 10.1. The predicted octanol–water partition coefficient (Wildman–Crippen LogP) is 4.99. The predicted molar refractivity (Wildman–Crippen MR) is 128 cm³/mol. The van der Waals surface area contributed by atoms with Gasteiger partial charge in [-0.25, -0.2) is 8.42 Å². The van der Waals surface area contributed by atoms with Crippen molar-refractivity contribution in [1.82, 2.24) is 0 Å². The summed E-state index contributed by atoms with van der Waals surface area (Å²) in [7, 11) is 2.18. The van der Waals surface area contributed by atoms with Gasteiger partial charge in [0.15, 0.2) is 11.5 Å². The monoisotopic (exact) mass is 471 g/mol. The van der Waals surface area contributed by atoms with Crippen molar-refractivity contribution in [3.8, 4) is 23.0 Å². The lowest BCUT2D eigenvalue weighted by Gasteiger charge is -2.32. The van der Waals surface area contributed by atoms with Gasteiger partial charge in [0.1, 0.15) is 11.5 Å². The number of aryl methyl sites for hydroxylation is 1. The van der Waals surface area contributed by atoms with E-state index < -0.39 is 16.1 Å². The molecule has 7 nitrogen and oxygen atoms in total. The number of hydrogen-bond donors (Lipinski definition) is 0. The molecule has 0 aliphatic carbocycles. The summed E-state index contributed by atoms with van der Waals surface area (Å²) in [5.41, 5.74) is 2.04. The molecule has 3 aromatic carbocycles. The van der Waals surface area contributed by atoms with Gasteiger partial charge in [0.2, 0.25) is 0 Å². The summed E-state index contributed by atoms with van der Waals surface area (Å²) in [5.74, 6) is 2.06. The molecule has 3 aromatic rings. The lowest BCUT2D eigenvalue weighted by molar-refractivity contribution is 0.355. The maximum Gasteiger partial charge on any atom is 0.264 e. The molecule has 0 unspecified atom stereocenters. The van der Waals surface area contributed by atoms with E-state index in [0.29, 0.717) is 34.2 Å². The molecule has 8 heteroatoms. The first-order valence-electron chi connectivity index (χ1n) is 10.3. The molecule has 0 heterocycles. The second-order valence-corrected chi connectivity index (χ2v) is 9.25. The Balaban J connectivity index is 2.25. The Hall–Kier alpha value is -3.39. The first kappa shape index (κ1) is 24.3. The van der Waals surface area contributed by atoms with Crippen LogP contribution in [0.4, 0.5) is 5.69 Å². The summed E-state index contributed by atoms with van der Waals surface area (Å²) < 4.78 is 51.0. The highest BCUT2D eigenvalue weighted by Gasteiger charge is 2.32. The Morgan fingerprint density at radius 2 is 1.33 bits per heavy atom. The SMILES string of the molecule is COc1ccc(OC)c([C@@H](C)N(c2ccc(OC)c(OC)c2)S(=O)(=O)c2ccc(C)cc2)c1. The van der Waals surface area contributed by atoms with E-state index in [1.54, 1.807) is 81.8 Å². The molecular formula is C25H29NO6S. The van der Waals surface area contributed by atoms with E-state index in [0.717, 1.165) is 5.56 Å². The van der Waals surface area contributed by atoms with Crippen LogP contribution in [0.3, 0.4) is 0 Å². The van der Waals surface area contributed by atoms with E-state index in [1.165, 1.54) is 18.5 Å². The van der Waals surface area contributed by atoms with Crippen molar-refractivity contribution in [3.05, 3.63) is 71.8 Å². The molecule has 176 valence electrons. The van der Waals surface area contributed by atoms with Crippen LogP contribution < -0.4 is 23.3 Å². The Kier molecular flexibility index (Phi) is 7.38. The second kappa shape index (κ2) is 10.0. The van der Waals surface area contributed by atoms with Crippen molar-refractivity contribution in [2.24, 2.45) is 0 Å². The molecule has 0 aliphatic heterocycles.